The van der Waals surface area contributed by atoms with Gasteiger partial charge in [0.15, 0.2) is 0 Å². The molecule has 2 heterocycles. The molecule has 0 bridgehead atoms. The summed E-state index contributed by atoms with van der Waals surface area (Å²) in [6.07, 6.45) is 1.66. The largest absolute Gasteiger partial charge is 0.507 e. The van der Waals surface area contributed by atoms with Crippen LogP contribution in [-0.2, 0) is 10.8 Å². The number of para-hydroxylation sites is 1. The van der Waals surface area contributed by atoms with Crippen molar-refractivity contribution >= 4 is 11.0 Å². The Bertz CT molecular complexity index is 3310. The first-order valence-electron chi connectivity index (χ1n) is 26.5. The number of aryl methyl sites for hydroxylation is 2. The van der Waals surface area contributed by atoms with E-state index in [-0.39, 0.29) is 16.7 Å². The van der Waals surface area contributed by atoms with Crippen molar-refractivity contribution in [2.75, 3.05) is 0 Å². The van der Waals surface area contributed by atoms with E-state index in [0.717, 1.165) is 61.3 Å². The number of phenolic OH excluding ortho intramolecular Hbond substituents is 1. The number of aromatic hydroxyl groups is 1. The van der Waals surface area contributed by atoms with Crippen molar-refractivity contribution in [1.29, 1.82) is 0 Å². The molecular weight excluding hydrogens is 755 g/mol. The van der Waals surface area contributed by atoms with Gasteiger partial charge in [-0.15, -0.1) is 0 Å². The molecule has 0 aliphatic carbocycles. The molecule has 0 fully saturated rings. The Morgan fingerprint density at radius 2 is 1.26 bits per heavy atom. The highest BCUT2D eigenvalue weighted by Crippen LogP contribution is 2.42. The van der Waals surface area contributed by atoms with Gasteiger partial charge in [0.05, 0.1) is 22.3 Å². The van der Waals surface area contributed by atoms with Crippen LogP contribution in [0.15, 0.2) is 134 Å². The van der Waals surface area contributed by atoms with Gasteiger partial charge in [-0.3, -0.25) is 9.55 Å². The molecule has 6 aromatic carbocycles. The summed E-state index contributed by atoms with van der Waals surface area (Å²) in [5.74, 6) is -1.19. The van der Waals surface area contributed by atoms with Crippen LogP contribution in [0.3, 0.4) is 0 Å². The van der Waals surface area contributed by atoms with Gasteiger partial charge < -0.3 is 5.11 Å². The summed E-state index contributed by atoms with van der Waals surface area (Å²) >= 11 is 0. The van der Waals surface area contributed by atoms with Gasteiger partial charge in [0.25, 0.3) is 0 Å². The van der Waals surface area contributed by atoms with E-state index >= 15 is 0 Å². The summed E-state index contributed by atoms with van der Waals surface area (Å²) < 4.78 is 93.8. The van der Waals surface area contributed by atoms with Gasteiger partial charge in [-0.05, 0) is 146 Å². The van der Waals surface area contributed by atoms with E-state index in [9.17, 15) is 5.11 Å². The number of nitrogens with zero attached hydrogens (tertiary/aromatic N) is 3. The first-order chi connectivity index (χ1) is 33.7. The molecule has 0 atom stereocenters. The number of hydrogen-bond donors (Lipinski definition) is 1. The van der Waals surface area contributed by atoms with Gasteiger partial charge in [0, 0.05) is 38.1 Å². The minimum atomic E-state index is -3.37. The minimum Gasteiger partial charge on any atom is -0.507 e. The lowest BCUT2D eigenvalue weighted by molar-refractivity contribution is 0.472. The van der Waals surface area contributed by atoms with Crippen molar-refractivity contribution in [2.45, 2.75) is 105 Å². The van der Waals surface area contributed by atoms with E-state index in [0.29, 0.717) is 39.3 Å². The molecular formula is C58H61N3O. The number of fused-ring (bicyclic) bond motifs is 1. The molecule has 0 unspecified atom stereocenters. The highest BCUT2D eigenvalue weighted by atomic mass is 16.3. The average molecular weight is 827 g/mol. The highest BCUT2D eigenvalue weighted by Gasteiger charge is 2.24. The predicted molar refractivity (Wildman–Crippen MR) is 263 cm³/mol. The molecule has 0 radical (unpaired) electrons. The number of rotatable bonds is 8. The van der Waals surface area contributed by atoms with Crippen molar-refractivity contribution in [3.8, 4) is 67.5 Å². The Morgan fingerprint density at radius 3 is 1.90 bits per heavy atom. The average Bonchev–Trinajstić information content (AvgIpc) is 3.68. The Hall–Kier alpha value is -6.26. The van der Waals surface area contributed by atoms with Crippen molar-refractivity contribution in [3.05, 3.63) is 167 Å². The van der Waals surface area contributed by atoms with Gasteiger partial charge in [-0.25, -0.2) is 4.98 Å². The van der Waals surface area contributed by atoms with Crippen LogP contribution >= 0.6 is 0 Å². The molecule has 62 heavy (non-hydrogen) atoms. The van der Waals surface area contributed by atoms with E-state index in [1.165, 1.54) is 12.1 Å². The smallest absolute Gasteiger partial charge is 0.149 e. The minimum absolute atomic E-state index is 0.123. The lowest BCUT2D eigenvalue weighted by Gasteiger charge is -2.22. The normalized spacial score (nSPS) is 15.8. The maximum absolute atomic E-state index is 11.7. The van der Waals surface area contributed by atoms with Crippen LogP contribution in [0, 0.1) is 13.8 Å². The molecule has 314 valence electrons. The van der Waals surface area contributed by atoms with E-state index in [4.69, 9.17) is 25.0 Å². The maximum atomic E-state index is 11.7. The Balaban J connectivity index is 1.29. The zero-order valence-electron chi connectivity index (χ0n) is 48.0. The fourth-order valence-corrected chi connectivity index (χ4v) is 8.42. The van der Waals surface area contributed by atoms with Crippen LogP contribution in [0.25, 0.3) is 72.7 Å². The molecule has 0 saturated heterocycles. The molecule has 0 amide bonds. The Labute approximate surface area is 384 Å². The van der Waals surface area contributed by atoms with Gasteiger partial charge in [0.2, 0.25) is 0 Å². The van der Waals surface area contributed by atoms with Crippen molar-refractivity contribution in [1.82, 2.24) is 14.5 Å². The van der Waals surface area contributed by atoms with Gasteiger partial charge in [0.1, 0.15) is 11.6 Å². The zero-order chi connectivity index (χ0) is 53.6. The Kier molecular flexibility index (Phi) is 8.03. The molecule has 4 nitrogen and oxygen atoms in total. The number of aromatic nitrogens is 3. The summed E-state index contributed by atoms with van der Waals surface area (Å²) in [7, 11) is 0. The first kappa shape index (κ1) is 30.7. The number of hydrogen-bond acceptors (Lipinski definition) is 3. The summed E-state index contributed by atoms with van der Waals surface area (Å²) in [5, 5.41) is 11.7. The third-order valence-corrected chi connectivity index (χ3v) is 11.7. The van der Waals surface area contributed by atoms with Crippen LogP contribution in [0.2, 0.25) is 0 Å². The number of benzene rings is 6. The molecule has 0 spiro atoms. The molecule has 0 aliphatic rings. The topological polar surface area (TPSA) is 50.9 Å². The third kappa shape index (κ3) is 8.11. The van der Waals surface area contributed by atoms with Crippen LogP contribution in [0.5, 0.6) is 5.75 Å². The van der Waals surface area contributed by atoms with Crippen LogP contribution in [0.1, 0.15) is 129 Å². The Morgan fingerprint density at radius 1 is 0.613 bits per heavy atom. The molecule has 1 N–H and O–H groups in total. The lowest BCUT2D eigenvalue weighted by atomic mass is 9.83. The van der Waals surface area contributed by atoms with Crippen molar-refractivity contribution in [3.63, 3.8) is 0 Å². The summed E-state index contributed by atoms with van der Waals surface area (Å²) in [4.78, 5) is 10.2. The van der Waals surface area contributed by atoms with Crippen molar-refractivity contribution < 1.29 is 20.2 Å². The highest BCUT2D eigenvalue weighted by molar-refractivity contribution is 5.97. The third-order valence-electron chi connectivity index (χ3n) is 11.7. The number of phenols is 1. The molecule has 4 heteroatoms. The van der Waals surface area contributed by atoms with Crippen molar-refractivity contribution in [2.24, 2.45) is 0 Å². The van der Waals surface area contributed by atoms with E-state index in [1.807, 2.05) is 120 Å². The second-order valence-electron chi connectivity index (χ2n) is 18.0. The second kappa shape index (κ2) is 16.2. The summed E-state index contributed by atoms with van der Waals surface area (Å²) in [5.41, 5.74) is 9.66. The SMILES string of the molecule is [2H]C(C)(C)c1cccc(C([2H])(C)C)c1-c1ccc(-n2c(-c3cc(C)cc(C)c3O)nc3c(-c4cc(-c5cc(-c6ccc(C(C([2H])([2H])[2H])(C([2H])([2H])[2H])C([2H])([2H])[2H])cc6)ccn5)cc(C(C)(C)C)c4)cccc32)cc1. The molecule has 2 aromatic heterocycles. The quantitative estimate of drug-likeness (QED) is 0.166. The number of imidazole rings is 1. The molecule has 8 rings (SSSR count). The van der Waals surface area contributed by atoms with E-state index in [2.05, 4.69) is 43.5 Å². The predicted octanol–water partition coefficient (Wildman–Crippen LogP) is 15.9. The second-order valence-corrected chi connectivity index (χ2v) is 18.0. The molecule has 0 aliphatic heterocycles. The maximum Gasteiger partial charge on any atom is 0.149 e. The number of pyridine rings is 1. The summed E-state index contributed by atoms with van der Waals surface area (Å²) in [6, 6.07) is 39.6. The van der Waals surface area contributed by atoms with Crippen LogP contribution in [-0.4, -0.2) is 19.6 Å². The van der Waals surface area contributed by atoms with Gasteiger partial charge >= 0.3 is 0 Å². The fraction of sp³-hybridized carbons (Fsp3) is 0.276. The zero-order valence-corrected chi connectivity index (χ0v) is 37.0. The van der Waals surface area contributed by atoms with Crippen LogP contribution in [0.4, 0.5) is 0 Å². The van der Waals surface area contributed by atoms with E-state index < -0.39 is 37.8 Å². The van der Waals surface area contributed by atoms with Gasteiger partial charge in [-0.2, -0.15) is 0 Å². The van der Waals surface area contributed by atoms with E-state index in [1.54, 1.807) is 24.4 Å². The molecule has 8 aromatic rings. The van der Waals surface area contributed by atoms with Gasteiger partial charge in [-0.1, -0.05) is 148 Å². The standard InChI is InChI=1S/C58H61N3O/c1-35(2)47-15-13-16-48(36(3)4)53(47)40-21-25-46(26-22-40)61-52-18-14-17-49(54(52)60-56(61)50-30-37(5)29-38(6)55(50)62)42-31-43(33-45(32-42)58(10,11)12)51-34-41(27-28-59-51)39-19-23-44(24-20-39)57(7,8)9/h13-36,62H,1-12H3/i7D3,8D3,9D3,35D,36D. The monoisotopic (exact) mass is 827 g/mol. The first-order valence-corrected chi connectivity index (χ1v) is 21.0. The fourth-order valence-electron chi connectivity index (χ4n) is 8.42. The molecule has 0 saturated carbocycles. The van der Waals surface area contributed by atoms with Crippen LogP contribution < -0.4 is 0 Å². The summed E-state index contributed by atoms with van der Waals surface area (Å²) in [6.45, 7) is 7.60. The lowest BCUT2D eigenvalue weighted by Crippen LogP contribution is -2.11.